The van der Waals surface area contributed by atoms with Crippen molar-refractivity contribution in [1.29, 1.82) is 0 Å². The van der Waals surface area contributed by atoms with Crippen LogP contribution in [0.2, 0.25) is 0 Å². The highest BCUT2D eigenvalue weighted by atomic mass is 16.3. The average Bonchev–Trinajstić information content (AvgIpc) is 2.96. The molecular formula is C25H41NO2. The highest BCUT2D eigenvalue weighted by molar-refractivity contribution is 5.87. The number of aliphatic hydroxyl groups is 1. The Bertz CT molecular complexity index is 644. The number of rotatable bonds is 4. The van der Waals surface area contributed by atoms with E-state index in [2.05, 4.69) is 32.9 Å². The van der Waals surface area contributed by atoms with Crippen molar-refractivity contribution >= 4 is 5.78 Å². The first-order valence-corrected chi connectivity index (χ1v) is 11.9. The zero-order chi connectivity index (χ0) is 20.2. The minimum atomic E-state index is -0.564. The summed E-state index contributed by atoms with van der Waals surface area (Å²) < 4.78 is 0. The summed E-state index contributed by atoms with van der Waals surface area (Å²) in [6.45, 7) is 7.69. The Morgan fingerprint density at radius 2 is 1.96 bits per heavy atom. The van der Waals surface area contributed by atoms with Gasteiger partial charge in [0.25, 0.3) is 0 Å². The number of hydrogen-bond donors (Lipinski definition) is 2. The molecule has 8 atom stereocenters. The van der Waals surface area contributed by atoms with E-state index in [-0.39, 0.29) is 10.8 Å². The van der Waals surface area contributed by atoms with E-state index in [1.807, 2.05) is 0 Å². The van der Waals surface area contributed by atoms with E-state index in [4.69, 9.17) is 5.73 Å². The maximum atomic E-state index is 12.6. The van der Waals surface area contributed by atoms with Crippen LogP contribution in [0.5, 0.6) is 0 Å². The van der Waals surface area contributed by atoms with Gasteiger partial charge in [0, 0.05) is 11.8 Å². The first-order valence-electron chi connectivity index (χ1n) is 11.9. The lowest BCUT2D eigenvalue weighted by atomic mass is 9.41. The van der Waals surface area contributed by atoms with Crippen LogP contribution in [0.4, 0.5) is 0 Å². The van der Waals surface area contributed by atoms with Crippen molar-refractivity contribution in [3.63, 3.8) is 0 Å². The highest BCUT2D eigenvalue weighted by Gasteiger charge is 2.66. The number of nitrogens with two attached hydrogens (primary N) is 1. The molecule has 0 saturated heterocycles. The molecule has 0 aromatic heterocycles. The highest BCUT2D eigenvalue weighted by Crippen LogP contribution is 2.68. The molecule has 4 aliphatic rings. The van der Waals surface area contributed by atoms with Crippen LogP contribution in [-0.4, -0.2) is 23.0 Å². The van der Waals surface area contributed by atoms with Gasteiger partial charge in [-0.2, -0.15) is 0 Å². The molecule has 0 aromatic rings. The van der Waals surface area contributed by atoms with Crippen molar-refractivity contribution in [2.45, 2.75) is 90.6 Å². The molecule has 0 amide bonds. The molecule has 0 aliphatic heterocycles. The van der Waals surface area contributed by atoms with E-state index in [1.165, 1.54) is 6.42 Å². The third kappa shape index (κ3) is 2.87. The van der Waals surface area contributed by atoms with E-state index in [0.29, 0.717) is 35.4 Å². The second-order valence-electron chi connectivity index (χ2n) is 11.1. The molecule has 4 saturated carbocycles. The van der Waals surface area contributed by atoms with E-state index >= 15 is 0 Å². The summed E-state index contributed by atoms with van der Waals surface area (Å²) in [6, 6.07) is 0. The topological polar surface area (TPSA) is 63.3 Å². The number of ketones is 1. The molecule has 28 heavy (non-hydrogen) atoms. The van der Waals surface area contributed by atoms with E-state index in [1.54, 1.807) is 0 Å². The standard InChI is InChI=1S/C25H41NO2/c1-17-15-19-20-8-9-22(27)23(20,2)12-11-21(19)24(3)13-10-18(16-25(17,24)28)7-5-4-6-14-26/h5,7,17-21,28H,4,6,8-16,26H2,1-3H3/b7-5-/t17-,18+,19-,20-,21-,23-,24+,25-/m0/s1. The zero-order valence-electron chi connectivity index (χ0n) is 18.3. The van der Waals surface area contributed by atoms with Crippen LogP contribution in [0.15, 0.2) is 12.2 Å². The fourth-order valence-corrected chi connectivity index (χ4v) is 8.18. The fraction of sp³-hybridized carbons (Fsp3) is 0.880. The number of allylic oxidation sites excluding steroid dienone is 2. The van der Waals surface area contributed by atoms with Gasteiger partial charge in [-0.25, -0.2) is 0 Å². The van der Waals surface area contributed by atoms with Crippen molar-refractivity contribution < 1.29 is 9.90 Å². The van der Waals surface area contributed by atoms with Crippen LogP contribution in [0.1, 0.15) is 85.0 Å². The van der Waals surface area contributed by atoms with Crippen LogP contribution in [0, 0.1) is 40.4 Å². The lowest BCUT2D eigenvalue weighted by Crippen LogP contribution is -2.65. The summed E-state index contributed by atoms with van der Waals surface area (Å²) in [7, 11) is 0. The summed E-state index contributed by atoms with van der Waals surface area (Å²) in [5.41, 5.74) is 4.98. The lowest BCUT2D eigenvalue weighted by molar-refractivity contribution is -0.233. The van der Waals surface area contributed by atoms with Crippen LogP contribution in [0.25, 0.3) is 0 Å². The van der Waals surface area contributed by atoms with Gasteiger partial charge in [0.1, 0.15) is 5.78 Å². The van der Waals surface area contributed by atoms with Gasteiger partial charge in [0.2, 0.25) is 0 Å². The van der Waals surface area contributed by atoms with Gasteiger partial charge in [-0.1, -0.05) is 32.9 Å². The molecular weight excluding hydrogens is 346 g/mol. The molecule has 0 heterocycles. The Hall–Kier alpha value is -0.670. The van der Waals surface area contributed by atoms with Crippen molar-refractivity contribution in [2.24, 2.45) is 46.2 Å². The van der Waals surface area contributed by atoms with Gasteiger partial charge in [0.15, 0.2) is 0 Å². The summed E-state index contributed by atoms with van der Waals surface area (Å²) in [5, 5.41) is 12.1. The Morgan fingerprint density at radius 3 is 2.71 bits per heavy atom. The van der Waals surface area contributed by atoms with Gasteiger partial charge >= 0.3 is 0 Å². The first-order chi connectivity index (χ1) is 13.3. The Morgan fingerprint density at radius 1 is 1.18 bits per heavy atom. The molecule has 0 aromatic carbocycles. The predicted molar refractivity (Wildman–Crippen MR) is 114 cm³/mol. The third-order valence-corrected chi connectivity index (χ3v) is 9.99. The van der Waals surface area contributed by atoms with E-state index in [9.17, 15) is 9.90 Å². The Labute approximate surface area is 171 Å². The molecule has 3 heteroatoms. The number of fused-ring (bicyclic) bond motifs is 5. The number of carbonyl (C=O) groups excluding carboxylic acids is 1. The maximum absolute atomic E-state index is 12.6. The van der Waals surface area contributed by atoms with Crippen LogP contribution in [0.3, 0.4) is 0 Å². The van der Waals surface area contributed by atoms with E-state index in [0.717, 1.165) is 64.3 Å². The Balaban J connectivity index is 1.56. The minimum Gasteiger partial charge on any atom is -0.389 e. The molecule has 0 unspecified atom stereocenters. The monoisotopic (exact) mass is 387 g/mol. The van der Waals surface area contributed by atoms with Crippen molar-refractivity contribution in [1.82, 2.24) is 0 Å². The molecule has 0 bridgehead atoms. The molecule has 3 N–H and O–H groups in total. The third-order valence-electron chi connectivity index (χ3n) is 9.99. The summed E-state index contributed by atoms with van der Waals surface area (Å²) >= 11 is 0. The lowest BCUT2D eigenvalue weighted by Gasteiger charge is -2.65. The molecule has 4 rings (SSSR count). The van der Waals surface area contributed by atoms with Crippen molar-refractivity contribution in [3.05, 3.63) is 12.2 Å². The molecule has 0 spiro atoms. The number of carbonyl (C=O) groups is 1. The van der Waals surface area contributed by atoms with Crippen molar-refractivity contribution in [2.75, 3.05) is 6.54 Å². The van der Waals surface area contributed by atoms with Gasteiger partial charge in [-0.05, 0) is 99.3 Å². The number of unbranched alkanes of at least 4 members (excludes halogenated alkanes) is 1. The summed E-state index contributed by atoms with van der Waals surface area (Å²) in [4.78, 5) is 12.6. The van der Waals surface area contributed by atoms with Gasteiger partial charge < -0.3 is 10.8 Å². The quantitative estimate of drug-likeness (QED) is 0.534. The van der Waals surface area contributed by atoms with Crippen molar-refractivity contribution in [3.8, 4) is 0 Å². The zero-order valence-corrected chi connectivity index (χ0v) is 18.3. The number of hydrogen-bond acceptors (Lipinski definition) is 3. The van der Waals surface area contributed by atoms with Gasteiger partial charge in [-0.3, -0.25) is 4.79 Å². The largest absolute Gasteiger partial charge is 0.389 e. The predicted octanol–water partition coefficient (Wildman–Crippen LogP) is 4.87. The van der Waals surface area contributed by atoms with E-state index < -0.39 is 5.60 Å². The minimum absolute atomic E-state index is 0.00387. The average molecular weight is 388 g/mol. The number of Topliss-reactive ketones (excluding diaryl/α,β-unsaturated/α-hetero) is 1. The van der Waals surface area contributed by atoms with Crippen LogP contribution in [-0.2, 0) is 4.79 Å². The van der Waals surface area contributed by atoms with Gasteiger partial charge in [-0.15, -0.1) is 0 Å². The molecule has 4 fully saturated rings. The molecule has 158 valence electrons. The summed E-state index contributed by atoms with van der Waals surface area (Å²) in [6.07, 6.45) is 15.1. The molecule has 3 nitrogen and oxygen atoms in total. The van der Waals surface area contributed by atoms with Crippen LogP contribution < -0.4 is 5.73 Å². The molecule has 4 aliphatic carbocycles. The van der Waals surface area contributed by atoms with Crippen LogP contribution >= 0.6 is 0 Å². The Kier molecular flexibility index (Phi) is 5.32. The van der Waals surface area contributed by atoms with Gasteiger partial charge in [0.05, 0.1) is 5.60 Å². The summed E-state index contributed by atoms with van der Waals surface area (Å²) in [5.74, 6) is 3.09. The SMILES string of the molecule is C[C@H]1C[C@H]2[C@@H]3CCC(=O)[C@@]3(C)CC[C@@H]2[C@@]2(C)CC[C@@H](/C=C\CCCN)C[C@]12O. The normalized spacial score (nSPS) is 51.0. The fourth-order valence-electron chi connectivity index (χ4n) is 8.18. The second kappa shape index (κ2) is 7.23. The smallest absolute Gasteiger partial charge is 0.139 e. The second-order valence-corrected chi connectivity index (χ2v) is 11.1. The molecule has 0 radical (unpaired) electrons. The first kappa shape index (κ1) is 20.6. The maximum Gasteiger partial charge on any atom is 0.139 e.